The maximum Gasteiger partial charge on any atom is 0.362 e. The Labute approximate surface area is 94.9 Å². The number of hydrogen-bond acceptors (Lipinski definition) is 1. The average Bonchev–Trinajstić information content (AvgIpc) is 2.39. The highest BCUT2D eigenvalue weighted by molar-refractivity contribution is 5.71. The number of benzene rings is 1. The molecule has 3 N–H and O–H groups in total. The van der Waals surface area contributed by atoms with E-state index in [9.17, 15) is 4.79 Å². The summed E-state index contributed by atoms with van der Waals surface area (Å²) in [5.74, 6) is -0.696. The Balaban J connectivity index is 0.00000112. The lowest BCUT2D eigenvalue weighted by molar-refractivity contribution is -0.692. The summed E-state index contributed by atoms with van der Waals surface area (Å²) < 4.78 is 0. The highest BCUT2D eigenvalue weighted by atomic mass is 35.5. The van der Waals surface area contributed by atoms with Gasteiger partial charge in [-0.05, 0) is 12.0 Å². The summed E-state index contributed by atoms with van der Waals surface area (Å²) in [7, 11) is 0. The molecule has 1 aliphatic heterocycles. The van der Waals surface area contributed by atoms with Crippen LogP contribution in [0.15, 0.2) is 24.3 Å². The number of quaternary nitrogens is 1. The van der Waals surface area contributed by atoms with Crippen LogP contribution in [0.4, 0.5) is 0 Å². The molecule has 0 saturated heterocycles. The number of carboxylic acid groups (broad SMARTS) is 1. The third-order valence-corrected chi connectivity index (χ3v) is 2.78. The number of hydrogen-bond donors (Lipinski definition) is 2. The number of carbonyl (C=O) groups is 1. The standard InChI is InChI=1S/C11H13NO2.ClH/c13-11(14)10-6-5-8-3-1-2-4-9(8)7-12-10;/h1-4,10,12H,5-7H2,(H,13,14);1H. The number of rotatable bonds is 1. The Morgan fingerprint density at radius 1 is 1.33 bits per heavy atom. The van der Waals surface area contributed by atoms with E-state index in [1.807, 2.05) is 17.4 Å². The molecule has 0 radical (unpaired) electrons. The lowest BCUT2D eigenvalue weighted by Crippen LogP contribution is -3.00. The number of aryl methyl sites for hydroxylation is 1. The Bertz CT molecular complexity index is 327. The van der Waals surface area contributed by atoms with Crippen LogP contribution in [0.1, 0.15) is 17.5 Å². The van der Waals surface area contributed by atoms with Crippen molar-refractivity contribution in [2.24, 2.45) is 0 Å². The van der Waals surface area contributed by atoms with Crippen molar-refractivity contribution in [1.29, 1.82) is 0 Å². The van der Waals surface area contributed by atoms with E-state index < -0.39 is 5.97 Å². The van der Waals surface area contributed by atoms with Crippen molar-refractivity contribution in [3.05, 3.63) is 35.4 Å². The zero-order valence-corrected chi connectivity index (χ0v) is 9.07. The predicted molar refractivity (Wildman–Crippen MR) is 51.8 cm³/mol. The lowest BCUT2D eigenvalue weighted by Gasteiger charge is -2.05. The summed E-state index contributed by atoms with van der Waals surface area (Å²) in [6.07, 6.45) is 1.61. The second-order valence-electron chi connectivity index (χ2n) is 3.69. The van der Waals surface area contributed by atoms with E-state index in [-0.39, 0.29) is 18.4 Å². The number of halogens is 1. The van der Waals surface area contributed by atoms with Crippen LogP contribution in [0.5, 0.6) is 0 Å². The minimum Gasteiger partial charge on any atom is -1.00 e. The van der Waals surface area contributed by atoms with Crippen molar-refractivity contribution in [1.82, 2.24) is 0 Å². The first-order valence-electron chi connectivity index (χ1n) is 4.90. The van der Waals surface area contributed by atoms with Crippen molar-refractivity contribution >= 4 is 5.97 Å². The fourth-order valence-corrected chi connectivity index (χ4v) is 1.92. The summed E-state index contributed by atoms with van der Waals surface area (Å²) in [5, 5.41) is 10.8. The number of aliphatic carboxylic acids is 1. The smallest absolute Gasteiger partial charge is 0.362 e. The molecule has 1 aromatic rings. The molecule has 1 aliphatic rings. The van der Waals surface area contributed by atoms with E-state index >= 15 is 0 Å². The topological polar surface area (TPSA) is 53.9 Å². The minimum absolute atomic E-state index is 0. The third kappa shape index (κ3) is 2.70. The number of carboxylic acids is 1. The van der Waals surface area contributed by atoms with Gasteiger partial charge in [0.1, 0.15) is 6.54 Å². The highest BCUT2D eigenvalue weighted by Crippen LogP contribution is 2.12. The SMILES string of the molecule is O=C(O)C1CCc2ccccc2C[NH2+]1.[Cl-]. The zero-order chi connectivity index (χ0) is 9.97. The molecule has 15 heavy (non-hydrogen) atoms. The van der Waals surface area contributed by atoms with Gasteiger partial charge in [-0.3, -0.25) is 0 Å². The second-order valence-corrected chi connectivity index (χ2v) is 3.69. The van der Waals surface area contributed by atoms with Gasteiger partial charge < -0.3 is 22.8 Å². The van der Waals surface area contributed by atoms with E-state index in [1.165, 1.54) is 11.1 Å². The maximum atomic E-state index is 10.8. The van der Waals surface area contributed by atoms with Gasteiger partial charge in [-0.15, -0.1) is 0 Å². The van der Waals surface area contributed by atoms with Crippen molar-refractivity contribution < 1.29 is 27.6 Å². The molecule has 3 nitrogen and oxygen atoms in total. The molecular formula is C11H14ClNO2. The minimum atomic E-state index is -0.696. The first-order chi connectivity index (χ1) is 6.77. The molecule has 0 bridgehead atoms. The second kappa shape index (κ2) is 5.14. The van der Waals surface area contributed by atoms with Gasteiger partial charge in [-0.25, -0.2) is 4.79 Å². The van der Waals surface area contributed by atoms with Gasteiger partial charge in [0, 0.05) is 12.0 Å². The van der Waals surface area contributed by atoms with Crippen molar-refractivity contribution in [3.63, 3.8) is 0 Å². The van der Waals surface area contributed by atoms with Gasteiger partial charge in [0.25, 0.3) is 0 Å². The van der Waals surface area contributed by atoms with Gasteiger partial charge in [0.15, 0.2) is 6.04 Å². The van der Waals surface area contributed by atoms with E-state index in [2.05, 4.69) is 12.1 Å². The Morgan fingerprint density at radius 3 is 2.67 bits per heavy atom. The fourth-order valence-electron chi connectivity index (χ4n) is 1.92. The Morgan fingerprint density at radius 2 is 2.00 bits per heavy atom. The van der Waals surface area contributed by atoms with E-state index in [0.29, 0.717) is 0 Å². The molecule has 0 aliphatic carbocycles. The zero-order valence-electron chi connectivity index (χ0n) is 8.32. The van der Waals surface area contributed by atoms with E-state index in [4.69, 9.17) is 5.11 Å². The van der Waals surface area contributed by atoms with E-state index in [1.54, 1.807) is 0 Å². The molecule has 82 valence electrons. The number of fused-ring (bicyclic) bond motifs is 1. The van der Waals surface area contributed by atoms with Crippen LogP contribution in [0.25, 0.3) is 0 Å². The van der Waals surface area contributed by atoms with Gasteiger partial charge in [0.05, 0.1) is 0 Å². The molecule has 2 rings (SSSR count). The molecule has 0 aromatic heterocycles. The van der Waals surface area contributed by atoms with Gasteiger partial charge >= 0.3 is 5.97 Å². The van der Waals surface area contributed by atoms with Gasteiger partial charge in [-0.2, -0.15) is 0 Å². The van der Waals surface area contributed by atoms with Crippen LogP contribution in [-0.4, -0.2) is 17.1 Å². The molecule has 1 unspecified atom stereocenters. The van der Waals surface area contributed by atoms with Gasteiger partial charge in [0.2, 0.25) is 0 Å². The summed E-state index contributed by atoms with van der Waals surface area (Å²) in [6, 6.07) is 7.92. The molecular weight excluding hydrogens is 214 g/mol. The quantitative estimate of drug-likeness (QED) is 0.543. The molecule has 1 atom stereocenters. The van der Waals surface area contributed by atoms with Crippen LogP contribution >= 0.6 is 0 Å². The summed E-state index contributed by atoms with van der Waals surface area (Å²) in [6.45, 7) is 0.785. The summed E-state index contributed by atoms with van der Waals surface area (Å²) in [5.41, 5.74) is 2.57. The third-order valence-electron chi connectivity index (χ3n) is 2.78. The highest BCUT2D eigenvalue weighted by Gasteiger charge is 2.24. The summed E-state index contributed by atoms with van der Waals surface area (Å²) >= 11 is 0. The Hall–Kier alpha value is -1.06. The first kappa shape index (κ1) is 12.0. The van der Waals surface area contributed by atoms with Crippen LogP contribution in [0.2, 0.25) is 0 Å². The molecule has 1 aromatic carbocycles. The van der Waals surface area contributed by atoms with Crippen molar-refractivity contribution in [3.8, 4) is 0 Å². The molecule has 0 saturated carbocycles. The fraction of sp³-hybridized carbons (Fsp3) is 0.364. The normalized spacial score (nSPS) is 19.6. The summed E-state index contributed by atoms with van der Waals surface area (Å²) in [4.78, 5) is 10.8. The van der Waals surface area contributed by atoms with Crippen LogP contribution in [0, 0.1) is 0 Å². The molecule has 1 heterocycles. The average molecular weight is 228 g/mol. The predicted octanol–water partition coefficient (Wildman–Crippen LogP) is -2.85. The van der Waals surface area contributed by atoms with Crippen LogP contribution < -0.4 is 17.7 Å². The van der Waals surface area contributed by atoms with Crippen LogP contribution in [0.3, 0.4) is 0 Å². The molecule has 0 spiro atoms. The Kier molecular flexibility index (Phi) is 4.12. The van der Waals surface area contributed by atoms with Gasteiger partial charge in [-0.1, -0.05) is 24.3 Å². The maximum absolute atomic E-state index is 10.8. The largest absolute Gasteiger partial charge is 1.00 e. The van der Waals surface area contributed by atoms with Crippen molar-refractivity contribution in [2.75, 3.05) is 0 Å². The molecule has 4 heteroatoms. The lowest BCUT2D eigenvalue weighted by atomic mass is 10.0. The molecule has 0 fully saturated rings. The van der Waals surface area contributed by atoms with E-state index in [0.717, 1.165) is 19.4 Å². The number of nitrogens with two attached hydrogens (primary N) is 1. The molecule has 0 amide bonds. The van der Waals surface area contributed by atoms with Crippen LogP contribution in [-0.2, 0) is 17.8 Å². The first-order valence-corrected chi connectivity index (χ1v) is 4.90. The monoisotopic (exact) mass is 227 g/mol. The van der Waals surface area contributed by atoms with Crippen molar-refractivity contribution in [2.45, 2.75) is 25.4 Å².